The molecule has 3 aromatic carbocycles. The highest BCUT2D eigenvalue weighted by Crippen LogP contribution is 2.20. The average Bonchev–Trinajstić information content (AvgIpc) is 2.73. The molecule has 1 heterocycles. The topological polar surface area (TPSA) is 78.0 Å². The Kier molecular flexibility index (Phi) is 5.05. The Hall–Kier alpha value is -3.58. The molecule has 0 aliphatic rings. The third kappa shape index (κ3) is 3.86. The fourth-order valence-corrected chi connectivity index (χ4v) is 3.27. The van der Waals surface area contributed by atoms with Crippen LogP contribution in [0, 0.1) is 10.1 Å². The van der Waals surface area contributed by atoms with Gasteiger partial charge >= 0.3 is 0 Å². The van der Waals surface area contributed by atoms with Crippen LogP contribution in [-0.2, 0) is 0 Å². The number of rotatable bonds is 4. The van der Waals surface area contributed by atoms with Crippen molar-refractivity contribution in [1.82, 2.24) is 9.55 Å². The number of nitrogens with zero attached hydrogens (tertiary/aromatic N) is 3. The minimum Gasteiger partial charge on any atom is -0.268 e. The van der Waals surface area contributed by atoms with Gasteiger partial charge in [0.25, 0.3) is 11.2 Å². The quantitative estimate of drug-likeness (QED) is 0.317. The lowest BCUT2D eigenvalue weighted by Crippen LogP contribution is -2.22. The molecule has 6 nitrogen and oxygen atoms in total. The minimum atomic E-state index is -0.486. The number of halogens is 1. The number of fused-ring (bicyclic) bond motifs is 1. The molecule has 4 aromatic rings. The molecule has 0 atom stereocenters. The average molecular weight is 448 g/mol. The van der Waals surface area contributed by atoms with Crippen LogP contribution in [0.3, 0.4) is 0 Å². The summed E-state index contributed by atoms with van der Waals surface area (Å²) in [5.74, 6) is 0.386. The van der Waals surface area contributed by atoms with E-state index in [9.17, 15) is 14.9 Å². The first-order chi connectivity index (χ1) is 14.0. The summed E-state index contributed by atoms with van der Waals surface area (Å²) in [4.78, 5) is 28.5. The Morgan fingerprint density at radius 1 is 0.966 bits per heavy atom. The zero-order valence-electron chi connectivity index (χ0n) is 15.0. The van der Waals surface area contributed by atoms with Crippen LogP contribution in [-0.4, -0.2) is 14.5 Å². The molecule has 0 saturated heterocycles. The summed E-state index contributed by atoms with van der Waals surface area (Å²) in [5, 5.41) is 11.6. The lowest BCUT2D eigenvalue weighted by molar-refractivity contribution is -0.384. The van der Waals surface area contributed by atoms with Gasteiger partial charge < -0.3 is 0 Å². The third-order valence-corrected chi connectivity index (χ3v) is 4.92. The summed E-state index contributed by atoms with van der Waals surface area (Å²) in [6.45, 7) is 0. The van der Waals surface area contributed by atoms with Gasteiger partial charge in [-0.25, -0.2) is 4.98 Å². The molecule has 0 fully saturated rings. The molecular weight excluding hydrogens is 434 g/mol. The molecule has 0 aliphatic carbocycles. The van der Waals surface area contributed by atoms with E-state index in [1.165, 1.54) is 16.7 Å². The zero-order valence-corrected chi connectivity index (χ0v) is 16.6. The molecule has 29 heavy (non-hydrogen) atoms. The van der Waals surface area contributed by atoms with Crippen molar-refractivity contribution in [3.8, 4) is 5.69 Å². The fourth-order valence-electron chi connectivity index (χ4n) is 3.00. The van der Waals surface area contributed by atoms with Crippen LogP contribution in [0.15, 0.2) is 82.1 Å². The molecule has 0 aliphatic heterocycles. The Labute approximate surface area is 174 Å². The van der Waals surface area contributed by atoms with Crippen molar-refractivity contribution in [3.63, 3.8) is 0 Å². The molecule has 0 spiro atoms. The molecule has 0 radical (unpaired) electrons. The predicted molar refractivity (Wildman–Crippen MR) is 117 cm³/mol. The standard InChI is InChI=1S/C22H14BrN3O3/c23-16-11-8-15(9-12-16)10-13-21-24-20-7-2-1-6-19(20)22(27)25(21)17-4-3-5-18(14-17)26(28)29/h1-14H/b13-10+. The van der Waals surface area contributed by atoms with Crippen molar-refractivity contribution < 1.29 is 4.92 Å². The first kappa shape index (κ1) is 18.8. The highest BCUT2D eigenvalue weighted by Gasteiger charge is 2.14. The van der Waals surface area contributed by atoms with Crippen LogP contribution >= 0.6 is 15.9 Å². The Bertz CT molecular complexity index is 1310. The number of hydrogen-bond acceptors (Lipinski definition) is 4. The maximum absolute atomic E-state index is 13.2. The van der Waals surface area contributed by atoms with Gasteiger partial charge in [0.2, 0.25) is 0 Å². The maximum atomic E-state index is 13.2. The molecule has 142 valence electrons. The van der Waals surface area contributed by atoms with Crippen molar-refractivity contribution >= 4 is 44.7 Å². The van der Waals surface area contributed by atoms with Gasteiger partial charge in [0.05, 0.1) is 21.5 Å². The summed E-state index contributed by atoms with van der Waals surface area (Å²) in [6.07, 6.45) is 3.58. The SMILES string of the molecule is O=c1c2ccccc2nc(/C=C/c2ccc(Br)cc2)n1-c1cccc([N+](=O)[O-])c1. The first-order valence-corrected chi connectivity index (χ1v) is 9.52. The van der Waals surface area contributed by atoms with Gasteiger partial charge in [0, 0.05) is 16.6 Å². The van der Waals surface area contributed by atoms with Crippen LogP contribution in [0.5, 0.6) is 0 Å². The monoisotopic (exact) mass is 447 g/mol. The summed E-state index contributed by atoms with van der Waals surface area (Å²) in [6, 6.07) is 20.7. The van der Waals surface area contributed by atoms with Gasteiger partial charge in [-0.1, -0.05) is 52.3 Å². The van der Waals surface area contributed by atoms with E-state index >= 15 is 0 Å². The third-order valence-electron chi connectivity index (χ3n) is 4.40. The summed E-state index contributed by atoms with van der Waals surface area (Å²) < 4.78 is 2.36. The summed E-state index contributed by atoms with van der Waals surface area (Å²) in [5.41, 5.74) is 1.51. The number of para-hydroxylation sites is 1. The summed E-state index contributed by atoms with van der Waals surface area (Å²) >= 11 is 3.40. The van der Waals surface area contributed by atoms with Gasteiger partial charge in [-0.05, 0) is 42.0 Å². The van der Waals surface area contributed by atoms with E-state index in [-0.39, 0.29) is 11.2 Å². The van der Waals surface area contributed by atoms with Crippen LogP contribution < -0.4 is 5.56 Å². The largest absolute Gasteiger partial charge is 0.271 e. The minimum absolute atomic E-state index is 0.0922. The van der Waals surface area contributed by atoms with E-state index in [1.807, 2.05) is 36.4 Å². The number of non-ortho nitro benzene ring substituents is 1. The Morgan fingerprint density at radius 3 is 2.48 bits per heavy atom. The second kappa shape index (κ2) is 7.81. The van der Waals surface area contributed by atoms with Crippen molar-refractivity contribution in [2.75, 3.05) is 0 Å². The van der Waals surface area contributed by atoms with Crippen molar-refractivity contribution in [2.24, 2.45) is 0 Å². The van der Waals surface area contributed by atoms with Gasteiger partial charge in [-0.2, -0.15) is 0 Å². The molecule has 0 amide bonds. The first-order valence-electron chi connectivity index (χ1n) is 8.73. The normalized spacial score (nSPS) is 11.2. The Morgan fingerprint density at radius 2 is 1.72 bits per heavy atom. The molecule has 0 saturated carbocycles. The van der Waals surface area contributed by atoms with E-state index in [4.69, 9.17) is 0 Å². The molecule has 0 N–H and O–H groups in total. The van der Waals surface area contributed by atoms with Gasteiger partial charge in [-0.3, -0.25) is 19.5 Å². The zero-order chi connectivity index (χ0) is 20.4. The number of nitro groups is 1. The molecule has 7 heteroatoms. The van der Waals surface area contributed by atoms with Crippen molar-refractivity contribution in [2.45, 2.75) is 0 Å². The van der Waals surface area contributed by atoms with Gasteiger partial charge in [-0.15, -0.1) is 0 Å². The van der Waals surface area contributed by atoms with Crippen molar-refractivity contribution in [3.05, 3.63) is 109 Å². The molecular formula is C22H14BrN3O3. The molecule has 4 rings (SSSR count). The maximum Gasteiger partial charge on any atom is 0.271 e. The number of nitro benzene ring substituents is 1. The lowest BCUT2D eigenvalue weighted by Gasteiger charge is -2.11. The van der Waals surface area contributed by atoms with Gasteiger partial charge in [0.1, 0.15) is 5.82 Å². The van der Waals surface area contributed by atoms with E-state index in [0.29, 0.717) is 22.4 Å². The second-order valence-corrected chi connectivity index (χ2v) is 7.21. The van der Waals surface area contributed by atoms with E-state index < -0.39 is 4.92 Å². The number of aromatic nitrogens is 2. The van der Waals surface area contributed by atoms with Crippen LogP contribution in [0.25, 0.3) is 28.7 Å². The smallest absolute Gasteiger partial charge is 0.268 e. The van der Waals surface area contributed by atoms with E-state index in [1.54, 1.807) is 36.4 Å². The highest BCUT2D eigenvalue weighted by atomic mass is 79.9. The fraction of sp³-hybridized carbons (Fsp3) is 0. The highest BCUT2D eigenvalue weighted by molar-refractivity contribution is 9.10. The molecule has 1 aromatic heterocycles. The molecule has 0 bridgehead atoms. The second-order valence-electron chi connectivity index (χ2n) is 6.29. The number of hydrogen-bond donors (Lipinski definition) is 0. The van der Waals surface area contributed by atoms with E-state index in [2.05, 4.69) is 20.9 Å². The predicted octanol–water partition coefficient (Wildman–Crippen LogP) is 5.23. The molecule has 0 unspecified atom stereocenters. The van der Waals surface area contributed by atoms with Crippen LogP contribution in [0.4, 0.5) is 5.69 Å². The Balaban J connectivity index is 1.94. The van der Waals surface area contributed by atoms with Crippen molar-refractivity contribution in [1.29, 1.82) is 0 Å². The van der Waals surface area contributed by atoms with Crippen LogP contribution in [0.1, 0.15) is 11.4 Å². The summed E-state index contributed by atoms with van der Waals surface area (Å²) in [7, 11) is 0. The van der Waals surface area contributed by atoms with Crippen LogP contribution in [0.2, 0.25) is 0 Å². The van der Waals surface area contributed by atoms with Gasteiger partial charge in [0.15, 0.2) is 0 Å². The number of benzene rings is 3. The van der Waals surface area contributed by atoms with E-state index in [0.717, 1.165) is 10.0 Å². The lowest BCUT2D eigenvalue weighted by atomic mass is 10.2.